The van der Waals surface area contributed by atoms with Gasteiger partial charge < -0.3 is 25.0 Å². The van der Waals surface area contributed by atoms with Crippen LogP contribution in [0.1, 0.15) is 25.7 Å². The SMILES string of the molecule is O=C(COc1ccccc1)Nc1ccc(N2CCC(NC3CCOCC3)CC2)cc1. The first-order chi connectivity index (χ1) is 14.8. The molecule has 2 N–H and O–H groups in total. The summed E-state index contributed by atoms with van der Waals surface area (Å²) in [7, 11) is 0. The lowest BCUT2D eigenvalue weighted by atomic mass is 10.0. The number of nitrogens with one attached hydrogen (secondary N) is 2. The lowest BCUT2D eigenvalue weighted by Gasteiger charge is -2.36. The van der Waals surface area contributed by atoms with E-state index in [0.29, 0.717) is 17.8 Å². The maximum Gasteiger partial charge on any atom is 0.262 e. The maximum absolute atomic E-state index is 12.1. The number of carbonyl (C=O) groups is 1. The van der Waals surface area contributed by atoms with Crippen LogP contribution in [0.3, 0.4) is 0 Å². The van der Waals surface area contributed by atoms with Gasteiger partial charge >= 0.3 is 0 Å². The van der Waals surface area contributed by atoms with Crippen molar-refractivity contribution in [2.24, 2.45) is 0 Å². The quantitative estimate of drug-likeness (QED) is 0.734. The Bertz CT molecular complexity index is 783. The van der Waals surface area contributed by atoms with Crippen LogP contribution in [0.5, 0.6) is 5.75 Å². The first kappa shape index (κ1) is 20.7. The van der Waals surface area contributed by atoms with Crippen molar-refractivity contribution in [3.8, 4) is 5.75 Å². The standard InChI is InChI=1S/C24H31N3O3/c28-24(18-30-23-4-2-1-3-5-23)26-19-6-8-22(9-7-19)27-14-10-20(11-15-27)25-21-12-16-29-17-13-21/h1-9,20-21,25H,10-18H2,(H,26,28). The normalized spacial score (nSPS) is 18.2. The van der Waals surface area contributed by atoms with Gasteiger partial charge in [-0.3, -0.25) is 4.79 Å². The van der Waals surface area contributed by atoms with Crippen molar-refractivity contribution in [1.29, 1.82) is 0 Å². The zero-order valence-corrected chi connectivity index (χ0v) is 17.4. The van der Waals surface area contributed by atoms with E-state index in [1.807, 2.05) is 42.5 Å². The molecule has 2 aromatic carbocycles. The highest BCUT2D eigenvalue weighted by Crippen LogP contribution is 2.23. The van der Waals surface area contributed by atoms with Crippen molar-refractivity contribution in [3.63, 3.8) is 0 Å². The first-order valence-electron chi connectivity index (χ1n) is 10.9. The minimum Gasteiger partial charge on any atom is -0.484 e. The minimum atomic E-state index is -0.161. The molecule has 2 fully saturated rings. The summed E-state index contributed by atoms with van der Waals surface area (Å²) in [5.41, 5.74) is 1.99. The lowest BCUT2D eigenvalue weighted by Crippen LogP contribution is -2.47. The third kappa shape index (κ3) is 5.97. The average molecular weight is 410 g/mol. The van der Waals surface area contributed by atoms with Crippen LogP contribution in [-0.2, 0) is 9.53 Å². The molecule has 0 spiro atoms. The summed E-state index contributed by atoms with van der Waals surface area (Å²) < 4.78 is 10.9. The van der Waals surface area contributed by atoms with Crippen LogP contribution in [0.4, 0.5) is 11.4 Å². The van der Waals surface area contributed by atoms with E-state index >= 15 is 0 Å². The number of benzene rings is 2. The Balaban J connectivity index is 1.20. The third-order valence-electron chi connectivity index (χ3n) is 5.82. The number of rotatable bonds is 7. The number of hydrogen-bond acceptors (Lipinski definition) is 5. The summed E-state index contributed by atoms with van der Waals surface area (Å²) in [4.78, 5) is 14.5. The van der Waals surface area contributed by atoms with Crippen molar-refractivity contribution in [2.75, 3.05) is 43.1 Å². The number of nitrogens with zero attached hydrogens (tertiary/aromatic N) is 1. The van der Waals surface area contributed by atoms with Gasteiger partial charge in [0, 0.05) is 49.8 Å². The maximum atomic E-state index is 12.1. The molecule has 2 aliphatic rings. The topological polar surface area (TPSA) is 62.8 Å². The van der Waals surface area contributed by atoms with E-state index in [9.17, 15) is 4.79 Å². The van der Waals surface area contributed by atoms with E-state index in [4.69, 9.17) is 9.47 Å². The molecule has 30 heavy (non-hydrogen) atoms. The molecule has 1 amide bonds. The molecule has 2 heterocycles. The summed E-state index contributed by atoms with van der Waals surface area (Å²) in [5, 5.41) is 6.71. The van der Waals surface area contributed by atoms with Crippen molar-refractivity contribution < 1.29 is 14.3 Å². The van der Waals surface area contributed by atoms with Crippen molar-refractivity contribution in [1.82, 2.24) is 5.32 Å². The summed E-state index contributed by atoms with van der Waals surface area (Å²) in [6.07, 6.45) is 4.58. The van der Waals surface area contributed by atoms with E-state index in [0.717, 1.165) is 57.7 Å². The van der Waals surface area contributed by atoms with Crippen molar-refractivity contribution >= 4 is 17.3 Å². The average Bonchev–Trinajstić information content (AvgIpc) is 2.80. The molecule has 0 aliphatic carbocycles. The Morgan fingerprint density at radius 3 is 2.30 bits per heavy atom. The molecule has 4 rings (SSSR count). The van der Waals surface area contributed by atoms with Gasteiger partial charge in [0.15, 0.2) is 6.61 Å². The second-order valence-electron chi connectivity index (χ2n) is 8.01. The molecular weight excluding hydrogens is 378 g/mol. The van der Waals surface area contributed by atoms with Crippen LogP contribution in [0.25, 0.3) is 0 Å². The fourth-order valence-corrected chi connectivity index (χ4v) is 4.12. The molecular formula is C24H31N3O3. The summed E-state index contributed by atoms with van der Waals surface area (Å²) in [5.74, 6) is 0.532. The third-order valence-corrected chi connectivity index (χ3v) is 5.82. The summed E-state index contributed by atoms with van der Waals surface area (Å²) >= 11 is 0. The fourth-order valence-electron chi connectivity index (χ4n) is 4.12. The van der Waals surface area contributed by atoms with E-state index in [1.165, 1.54) is 5.69 Å². The first-order valence-corrected chi connectivity index (χ1v) is 10.9. The zero-order valence-electron chi connectivity index (χ0n) is 17.4. The Labute approximate surface area is 178 Å². The largest absolute Gasteiger partial charge is 0.484 e. The predicted octanol–water partition coefficient (Wildman–Crippen LogP) is 3.44. The zero-order chi connectivity index (χ0) is 20.6. The highest BCUT2D eigenvalue weighted by Gasteiger charge is 2.23. The van der Waals surface area contributed by atoms with E-state index < -0.39 is 0 Å². The van der Waals surface area contributed by atoms with Gasteiger partial charge in [-0.25, -0.2) is 0 Å². The fraction of sp³-hybridized carbons (Fsp3) is 0.458. The van der Waals surface area contributed by atoms with E-state index in [1.54, 1.807) is 0 Å². The van der Waals surface area contributed by atoms with Gasteiger partial charge in [0.1, 0.15) is 5.75 Å². The molecule has 0 radical (unpaired) electrons. The van der Waals surface area contributed by atoms with Gasteiger partial charge in [-0.05, 0) is 62.1 Å². The lowest BCUT2D eigenvalue weighted by molar-refractivity contribution is -0.118. The van der Waals surface area contributed by atoms with Gasteiger partial charge in [-0.2, -0.15) is 0 Å². The van der Waals surface area contributed by atoms with Crippen LogP contribution in [0.15, 0.2) is 54.6 Å². The molecule has 2 aromatic rings. The molecule has 6 heteroatoms. The summed E-state index contributed by atoms with van der Waals surface area (Å²) in [6.45, 7) is 3.88. The molecule has 2 aliphatic heterocycles. The van der Waals surface area contributed by atoms with Crippen molar-refractivity contribution in [3.05, 3.63) is 54.6 Å². The number of carbonyl (C=O) groups excluding carboxylic acids is 1. The van der Waals surface area contributed by atoms with Gasteiger partial charge in [-0.1, -0.05) is 18.2 Å². The highest BCUT2D eigenvalue weighted by atomic mass is 16.5. The van der Waals surface area contributed by atoms with Crippen molar-refractivity contribution in [2.45, 2.75) is 37.8 Å². The Morgan fingerprint density at radius 2 is 1.60 bits per heavy atom. The van der Waals surface area contributed by atoms with Crippen LogP contribution in [0.2, 0.25) is 0 Å². The molecule has 0 bridgehead atoms. The molecule has 0 atom stereocenters. The molecule has 0 saturated carbocycles. The second-order valence-corrected chi connectivity index (χ2v) is 8.01. The van der Waals surface area contributed by atoms with Crippen LogP contribution >= 0.6 is 0 Å². The Morgan fingerprint density at radius 1 is 0.933 bits per heavy atom. The second kappa shape index (κ2) is 10.5. The van der Waals surface area contributed by atoms with Crippen LogP contribution in [0, 0.1) is 0 Å². The highest BCUT2D eigenvalue weighted by molar-refractivity contribution is 5.92. The van der Waals surface area contributed by atoms with Gasteiger partial charge in [0.05, 0.1) is 0 Å². The van der Waals surface area contributed by atoms with Gasteiger partial charge in [0.2, 0.25) is 0 Å². The number of ether oxygens (including phenoxy) is 2. The molecule has 6 nitrogen and oxygen atoms in total. The van der Waals surface area contributed by atoms with Crippen LogP contribution < -0.4 is 20.3 Å². The van der Waals surface area contributed by atoms with Crippen LogP contribution in [-0.4, -0.2) is 50.9 Å². The van der Waals surface area contributed by atoms with Gasteiger partial charge in [-0.15, -0.1) is 0 Å². The number of amides is 1. The van der Waals surface area contributed by atoms with Gasteiger partial charge in [0.25, 0.3) is 5.91 Å². The number of anilines is 2. The summed E-state index contributed by atoms with van der Waals surface area (Å²) in [6, 6.07) is 18.7. The molecule has 2 saturated heterocycles. The molecule has 0 aromatic heterocycles. The minimum absolute atomic E-state index is 0.000598. The number of piperidine rings is 1. The predicted molar refractivity (Wildman–Crippen MR) is 119 cm³/mol. The molecule has 0 unspecified atom stereocenters. The van der Waals surface area contributed by atoms with E-state index in [2.05, 4.69) is 27.7 Å². The Hall–Kier alpha value is -2.57. The number of para-hydroxylation sites is 1. The Kier molecular flexibility index (Phi) is 7.21. The monoisotopic (exact) mass is 409 g/mol. The van der Waals surface area contributed by atoms with E-state index in [-0.39, 0.29) is 12.5 Å². The molecule has 160 valence electrons. The number of hydrogen-bond donors (Lipinski definition) is 2. The smallest absolute Gasteiger partial charge is 0.262 e.